The highest BCUT2D eigenvalue weighted by molar-refractivity contribution is 5.35. The van der Waals surface area contributed by atoms with E-state index in [4.69, 9.17) is 30.1 Å². The molecule has 0 aliphatic heterocycles. The summed E-state index contributed by atoms with van der Waals surface area (Å²) < 4.78 is 26.4. The van der Waals surface area contributed by atoms with Crippen molar-refractivity contribution in [2.75, 3.05) is 59.5 Å². The van der Waals surface area contributed by atoms with Crippen LogP contribution in [0.4, 0.5) is 5.69 Å². The smallest absolute Gasteiger partial charge is 0.269 e. The van der Waals surface area contributed by atoms with Gasteiger partial charge in [-0.1, -0.05) is 5.92 Å². The molecule has 8 heteroatoms. The molecule has 0 atom stereocenters. The summed E-state index contributed by atoms with van der Waals surface area (Å²) in [6, 6.07) is 5.90. The molecule has 0 unspecified atom stereocenters. The third-order valence-electron chi connectivity index (χ3n) is 2.85. The maximum absolute atomic E-state index is 10.5. The summed E-state index contributed by atoms with van der Waals surface area (Å²) >= 11 is 0. The van der Waals surface area contributed by atoms with Crippen LogP contribution < -0.4 is 4.74 Å². The molecule has 0 N–H and O–H groups in total. The number of nitro groups is 1. The fraction of sp³-hybridized carbons (Fsp3) is 0.529. The van der Waals surface area contributed by atoms with E-state index < -0.39 is 4.92 Å². The number of nitrogens with zero attached hydrogens (tertiary/aromatic N) is 1. The lowest BCUT2D eigenvalue weighted by Crippen LogP contribution is -2.13. The molecular weight excluding hydrogens is 330 g/mol. The molecule has 0 saturated carbocycles. The monoisotopic (exact) mass is 353 g/mol. The van der Waals surface area contributed by atoms with E-state index in [1.54, 1.807) is 12.1 Å². The third-order valence-corrected chi connectivity index (χ3v) is 2.85. The molecule has 0 aliphatic rings. The molecule has 0 radical (unpaired) electrons. The van der Waals surface area contributed by atoms with Crippen LogP contribution in [0, 0.1) is 22.5 Å². The van der Waals surface area contributed by atoms with Crippen LogP contribution in [-0.4, -0.2) is 64.4 Å². The molecule has 25 heavy (non-hydrogen) atoms. The molecule has 0 aliphatic carbocycles. The number of nitro benzene ring substituents is 1. The second-order valence-corrected chi connectivity index (χ2v) is 4.69. The molecule has 1 rings (SSSR count). The Bertz CT molecular complexity index is 513. The van der Waals surface area contributed by atoms with Gasteiger partial charge in [0.1, 0.15) is 19.0 Å². The summed E-state index contributed by atoms with van der Waals surface area (Å²) in [6.45, 7) is 3.92. The lowest BCUT2D eigenvalue weighted by atomic mass is 10.3. The van der Waals surface area contributed by atoms with Crippen LogP contribution >= 0.6 is 0 Å². The Hall–Kier alpha value is -2.18. The van der Waals surface area contributed by atoms with Crippen molar-refractivity contribution in [3.8, 4) is 18.1 Å². The Morgan fingerprint density at radius 1 is 0.840 bits per heavy atom. The van der Waals surface area contributed by atoms with Gasteiger partial charge >= 0.3 is 0 Å². The molecule has 1 aromatic rings. The van der Waals surface area contributed by atoms with Gasteiger partial charge in [-0.25, -0.2) is 0 Å². The van der Waals surface area contributed by atoms with Crippen molar-refractivity contribution in [2.24, 2.45) is 0 Å². The molecule has 0 aromatic heterocycles. The van der Waals surface area contributed by atoms with Crippen LogP contribution in [0.1, 0.15) is 0 Å². The highest BCUT2D eigenvalue weighted by Crippen LogP contribution is 2.16. The number of benzene rings is 1. The van der Waals surface area contributed by atoms with Crippen molar-refractivity contribution < 1.29 is 28.6 Å². The van der Waals surface area contributed by atoms with Crippen LogP contribution in [0.5, 0.6) is 5.75 Å². The van der Waals surface area contributed by atoms with Gasteiger partial charge < -0.3 is 23.7 Å². The number of hydrogen-bond donors (Lipinski definition) is 0. The normalized spacial score (nSPS) is 10.4. The highest BCUT2D eigenvalue weighted by Gasteiger charge is 2.04. The number of non-ortho nitro benzene ring substituents is 1. The topological polar surface area (TPSA) is 89.3 Å². The van der Waals surface area contributed by atoms with E-state index in [1.165, 1.54) is 12.1 Å². The third kappa shape index (κ3) is 11.1. The highest BCUT2D eigenvalue weighted by atomic mass is 16.6. The van der Waals surface area contributed by atoms with Crippen LogP contribution in [-0.2, 0) is 18.9 Å². The van der Waals surface area contributed by atoms with Crippen LogP contribution in [0.3, 0.4) is 0 Å². The zero-order valence-electron chi connectivity index (χ0n) is 14.1. The van der Waals surface area contributed by atoms with Crippen molar-refractivity contribution in [3.63, 3.8) is 0 Å². The summed E-state index contributed by atoms with van der Waals surface area (Å²) in [5.41, 5.74) is 0.0322. The predicted molar refractivity (Wildman–Crippen MR) is 90.7 cm³/mol. The van der Waals surface area contributed by atoms with E-state index >= 15 is 0 Å². The fourth-order valence-corrected chi connectivity index (χ4v) is 1.67. The lowest BCUT2D eigenvalue weighted by Gasteiger charge is -2.08. The molecule has 0 fully saturated rings. The van der Waals surface area contributed by atoms with Crippen LogP contribution in [0.2, 0.25) is 0 Å². The zero-order valence-corrected chi connectivity index (χ0v) is 14.1. The first-order valence-corrected chi connectivity index (χ1v) is 7.85. The maximum atomic E-state index is 10.5. The van der Waals surface area contributed by atoms with E-state index in [-0.39, 0.29) is 5.69 Å². The predicted octanol–water partition coefficient (Wildman–Crippen LogP) is 1.67. The van der Waals surface area contributed by atoms with E-state index in [1.807, 2.05) is 0 Å². The molecule has 0 bridgehead atoms. The number of ether oxygens (including phenoxy) is 5. The van der Waals surface area contributed by atoms with Gasteiger partial charge in [-0.3, -0.25) is 10.1 Å². The molecule has 138 valence electrons. The molecule has 0 amide bonds. The van der Waals surface area contributed by atoms with Crippen molar-refractivity contribution in [2.45, 2.75) is 0 Å². The first kappa shape index (κ1) is 20.9. The van der Waals surface area contributed by atoms with Crippen molar-refractivity contribution in [1.82, 2.24) is 0 Å². The second kappa shape index (κ2) is 14.2. The van der Waals surface area contributed by atoms with E-state index in [9.17, 15) is 10.1 Å². The fourth-order valence-electron chi connectivity index (χ4n) is 1.67. The first-order chi connectivity index (χ1) is 12.2. The summed E-state index contributed by atoms with van der Waals surface area (Å²) in [5.74, 6) is 2.94. The van der Waals surface area contributed by atoms with Gasteiger partial charge in [0.25, 0.3) is 5.69 Å². The minimum Gasteiger partial charge on any atom is -0.491 e. The average Bonchev–Trinajstić information content (AvgIpc) is 2.62. The van der Waals surface area contributed by atoms with Gasteiger partial charge in [0.2, 0.25) is 0 Å². The summed E-state index contributed by atoms with van der Waals surface area (Å²) in [6.07, 6.45) is 5.03. The standard InChI is InChI=1S/C17H23NO7/c1-2-7-21-8-9-22-10-11-23-12-13-24-14-15-25-17-5-3-16(4-6-17)18(19)20/h1,3-6H,7-15H2. The van der Waals surface area contributed by atoms with E-state index in [2.05, 4.69) is 5.92 Å². The molecule has 8 nitrogen and oxygen atoms in total. The quantitative estimate of drug-likeness (QED) is 0.205. The summed E-state index contributed by atoms with van der Waals surface area (Å²) in [7, 11) is 0. The molecule has 0 saturated heterocycles. The van der Waals surface area contributed by atoms with E-state index in [0.29, 0.717) is 65.2 Å². The van der Waals surface area contributed by atoms with Gasteiger partial charge in [0.05, 0.1) is 51.2 Å². The minimum absolute atomic E-state index is 0.0322. The first-order valence-electron chi connectivity index (χ1n) is 7.85. The SMILES string of the molecule is C#CCOCCOCCOCCOCCOc1ccc([N+](=O)[O-])cc1. The molecular formula is C17H23NO7. The van der Waals surface area contributed by atoms with Gasteiger partial charge in [-0.2, -0.15) is 0 Å². The molecule has 0 spiro atoms. The molecule has 1 aromatic carbocycles. The lowest BCUT2D eigenvalue weighted by molar-refractivity contribution is -0.384. The Labute approximate surface area is 147 Å². The average molecular weight is 353 g/mol. The van der Waals surface area contributed by atoms with Crippen molar-refractivity contribution in [1.29, 1.82) is 0 Å². The van der Waals surface area contributed by atoms with Crippen LogP contribution in [0.15, 0.2) is 24.3 Å². The van der Waals surface area contributed by atoms with Gasteiger partial charge in [0, 0.05) is 12.1 Å². The zero-order chi connectivity index (χ0) is 18.2. The number of hydrogen-bond acceptors (Lipinski definition) is 7. The van der Waals surface area contributed by atoms with Gasteiger partial charge in [0.15, 0.2) is 0 Å². The number of rotatable bonds is 15. The summed E-state index contributed by atoms with van der Waals surface area (Å²) in [5, 5.41) is 10.5. The van der Waals surface area contributed by atoms with Crippen molar-refractivity contribution in [3.05, 3.63) is 34.4 Å². The Morgan fingerprint density at radius 3 is 1.80 bits per heavy atom. The second-order valence-electron chi connectivity index (χ2n) is 4.69. The number of terminal acetylenes is 1. The minimum atomic E-state index is -0.453. The largest absolute Gasteiger partial charge is 0.491 e. The Kier molecular flexibility index (Phi) is 11.8. The summed E-state index contributed by atoms with van der Waals surface area (Å²) in [4.78, 5) is 10.1. The van der Waals surface area contributed by atoms with Crippen LogP contribution in [0.25, 0.3) is 0 Å². The molecule has 0 heterocycles. The van der Waals surface area contributed by atoms with Gasteiger partial charge in [-0.05, 0) is 12.1 Å². The van der Waals surface area contributed by atoms with E-state index in [0.717, 1.165) is 0 Å². The maximum Gasteiger partial charge on any atom is 0.269 e. The van der Waals surface area contributed by atoms with Crippen molar-refractivity contribution >= 4 is 5.69 Å². The Morgan fingerprint density at radius 2 is 1.32 bits per heavy atom. The Balaban J connectivity index is 1.86. The van der Waals surface area contributed by atoms with Gasteiger partial charge in [-0.15, -0.1) is 6.42 Å².